The lowest BCUT2D eigenvalue weighted by atomic mass is 9.86. The van der Waals surface area contributed by atoms with Gasteiger partial charge >= 0.3 is 0 Å². The number of hydrogen-bond acceptors (Lipinski definition) is 2. The molecule has 0 bridgehead atoms. The molecule has 1 amide bonds. The average molecular weight is 258 g/mol. The van der Waals surface area contributed by atoms with Crippen LogP contribution in [0.25, 0.3) is 0 Å². The first-order valence-corrected chi connectivity index (χ1v) is 7.25. The summed E-state index contributed by atoms with van der Waals surface area (Å²) in [5.41, 5.74) is 9.09. The number of carbonyl (C=O) groups excluding carboxylic acids is 1. The Morgan fingerprint density at radius 2 is 2.00 bits per heavy atom. The fraction of sp³-hybridized carbons (Fsp3) is 0.562. The fourth-order valence-electron chi connectivity index (χ4n) is 3.50. The van der Waals surface area contributed by atoms with Crippen molar-refractivity contribution in [1.29, 1.82) is 0 Å². The molecule has 0 atom stereocenters. The van der Waals surface area contributed by atoms with Gasteiger partial charge in [-0.3, -0.25) is 4.79 Å². The molecule has 102 valence electrons. The summed E-state index contributed by atoms with van der Waals surface area (Å²) in [6.07, 6.45) is 5.44. The molecule has 0 unspecified atom stereocenters. The van der Waals surface area contributed by atoms with E-state index in [1.807, 2.05) is 17.0 Å². The Balaban J connectivity index is 1.80. The van der Waals surface area contributed by atoms with Gasteiger partial charge in [0.25, 0.3) is 0 Å². The first-order chi connectivity index (χ1) is 9.08. The van der Waals surface area contributed by atoms with E-state index in [2.05, 4.69) is 13.0 Å². The van der Waals surface area contributed by atoms with Crippen LogP contribution < -0.4 is 5.73 Å². The summed E-state index contributed by atoms with van der Waals surface area (Å²) in [5, 5.41) is 0. The summed E-state index contributed by atoms with van der Waals surface area (Å²) in [7, 11) is 0. The molecule has 19 heavy (non-hydrogen) atoms. The Kier molecular flexibility index (Phi) is 3.00. The van der Waals surface area contributed by atoms with Crippen LogP contribution >= 0.6 is 0 Å². The molecule has 0 radical (unpaired) electrons. The van der Waals surface area contributed by atoms with Crippen LogP contribution in [0.4, 0.5) is 5.69 Å². The molecular formula is C16H22N2O. The van der Waals surface area contributed by atoms with Gasteiger partial charge in [-0.1, -0.05) is 25.8 Å². The van der Waals surface area contributed by atoms with Gasteiger partial charge in [-0.25, -0.2) is 0 Å². The molecule has 1 aromatic rings. The van der Waals surface area contributed by atoms with Gasteiger partial charge in [0.05, 0.1) is 0 Å². The maximum atomic E-state index is 12.7. The van der Waals surface area contributed by atoms with Crippen molar-refractivity contribution in [3.05, 3.63) is 29.3 Å². The SMILES string of the molecule is CC1(C(=O)N2CCc3ccc(N)cc3C2)CCCC1. The number of nitrogens with two attached hydrogens (primary N) is 1. The summed E-state index contributed by atoms with van der Waals surface area (Å²) >= 11 is 0. The normalized spacial score (nSPS) is 21.2. The highest BCUT2D eigenvalue weighted by Gasteiger charge is 2.39. The number of amides is 1. The van der Waals surface area contributed by atoms with Crippen molar-refractivity contribution in [1.82, 2.24) is 4.90 Å². The number of fused-ring (bicyclic) bond motifs is 1. The molecule has 1 fully saturated rings. The Labute approximate surface area is 114 Å². The summed E-state index contributed by atoms with van der Waals surface area (Å²) in [5.74, 6) is 0.345. The third kappa shape index (κ3) is 2.22. The van der Waals surface area contributed by atoms with Crippen molar-refractivity contribution in [2.45, 2.75) is 45.6 Å². The van der Waals surface area contributed by atoms with E-state index >= 15 is 0 Å². The molecule has 0 saturated heterocycles. The zero-order valence-corrected chi connectivity index (χ0v) is 11.6. The van der Waals surface area contributed by atoms with Gasteiger partial charge in [0.1, 0.15) is 0 Å². The van der Waals surface area contributed by atoms with Crippen molar-refractivity contribution in [3.8, 4) is 0 Å². The molecule has 0 spiro atoms. The summed E-state index contributed by atoms with van der Waals surface area (Å²) in [6, 6.07) is 6.07. The van der Waals surface area contributed by atoms with Gasteiger partial charge in [0.15, 0.2) is 0 Å². The maximum Gasteiger partial charge on any atom is 0.228 e. The van der Waals surface area contributed by atoms with Crippen LogP contribution in [0.1, 0.15) is 43.7 Å². The summed E-state index contributed by atoms with van der Waals surface area (Å²) < 4.78 is 0. The van der Waals surface area contributed by atoms with Crippen LogP contribution in [-0.2, 0) is 17.8 Å². The predicted molar refractivity (Wildman–Crippen MR) is 76.6 cm³/mol. The van der Waals surface area contributed by atoms with Crippen molar-refractivity contribution >= 4 is 11.6 Å². The average Bonchev–Trinajstić information content (AvgIpc) is 2.85. The van der Waals surface area contributed by atoms with Gasteiger partial charge in [0, 0.05) is 24.2 Å². The molecule has 1 aliphatic carbocycles. The van der Waals surface area contributed by atoms with E-state index in [1.54, 1.807) is 0 Å². The van der Waals surface area contributed by atoms with E-state index in [0.29, 0.717) is 5.91 Å². The van der Waals surface area contributed by atoms with Crippen molar-refractivity contribution in [2.24, 2.45) is 5.41 Å². The van der Waals surface area contributed by atoms with Crippen LogP contribution in [0.15, 0.2) is 18.2 Å². The number of nitrogen functional groups attached to an aromatic ring is 1. The molecule has 1 aromatic carbocycles. The van der Waals surface area contributed by atoms with Gasteiger partial charge < -0.3 is 10.6 Å². The molecule has 1 saturated carbocycles. The third-order valence-electron chi connectivity index (χ3n) is 4.75. The minimum absolute atomic E-state index is 0.113. The second kappa shape index (κ2) is 4.55. The van der Waals surface area contributed by atoms with Crippen LogP contribution in [0, 0.1) is 5.41 Å². The quantitative estimate of drug-likeness (QED) is 0.787. The Morgan fingerprint density at radius 1 is 1.26 bits per heavy atom. The van der Waals surface area contributed by atoms with Gasteiger partial charge in [-0.05, 0) is 42.5 Å². The fourth-order valence-corrected chi connectivity index (χ4v) is 3.50. The van der Waals surface area contributed by atoms with E-state index < -0.39 is 0 Å². The molecule has 2 N–H and O–H groups in total. The van der Waals surface area contributed by atoms with Crippen LogP contribution in [0.2, 0.25) is 0 Å². The summed E-state index contributed by atoms with van der Waals surface area (Å²) in [4.78, 5) is 14.7. The molecule has 3 rings (SSSR count). The van der Waals surface area contributed by atoms with E-state index in [1.165, 1.54) is 24.0 Å². The monoisotopic (exact) mass is 258 g/mol. The molecule has 1 aliphatic heterocycles. The third-order valence-corrected chi connectivity index (χ3v) is 4.75. The molecule has 2 aliphatic rings. The molecule has 1 heterocycles. The zero-order chi connectivity index (χ0) is 13.5. The predicted octanol–water partition coefficient (Wildman–Crippen LogP) is 2.73. The van der Waals surface area contributed by atoms with Gasteiger partial charge in [0.2, 0.25) is 5.91 Å². The number of nitrogens with zero attached hydrogens (tertiary/aromatic N) is 1. The minimum atomic E-state index is -0.113. The molecular weight excluding hydrogens is 236 g/mol. The molecule has 0 aromatic heterocycles. The number of benzene rings is 1. The van der Waals surface area contributed by atoms with Crippen LogP contribution in [-0.4, -0.2) is 17.4 Å². The smallest absolute Gasteiger partial charge is 0.228 e. The van der Waals surface area contributed by atoms with E-state index in [0.717, 1.165) is 38.0 Å². The molecule has 3 heteroatoms. The lowest BCUT2D eigenvalue weighted by Crippen LogP contribution is -2.43. The van der Waals surface area contributed by atoms with Crippen molar-refractivity contribution in [2.75, 3.05) is 12.3 Å². The highest BCUT2D eigenvalue weighted by Crippen LogP contribution is 2.40. The minimum Gasteiger partial charge on any atom is -0.399 e. The Hall–Kier alpha value is -1.51. The number of rotatable bonds is 1. The second-order valence-corrected chi connectivity index (χ2v) is 6.27. The topological polar surface area (TPSA) is 46.3 Å². The second-order valence-electron chi connectivity index (χ2n) is 6.27. The Bertz CT molecular complexity index is 503. The van der Waals surface area contributed by atoms with Gasteiger partial charge in [-0.15, -0.1) is 0 Å². The standard InChI is InChI=1S/C16H22N2O/c1-16(7-2-3-8-16)15(19)18-9-6-12-4-5-14(17)10-13(12)11-18/h4-5,10H,2-3,6-9,11,17H2,1H3. The molecule has 3 nitrogen and oxygen atoms in total. The maximum absolute atomic E-state index is 12.7. The van der Waals surface area contributed by atoms with E-state index in [-0.39, 0.29) is 5.41 Å². The van der Waals surface area contributed by atoms with E-state index in [9.17, 15) is 4.79 Å². The lowest BCUT2D eigenvalue weighted by Gasteiger charge is -2.35. The van der Waals surface area contributed by atoms with E-state index in [4.69, 9.17) is 5.73 Å². The highest BCUT2D eigenvalue weighted by atomic mass is 16.2. The van der Waals surface area contributed by atoms with Crippen molar-refractivity contribution < 1.29 is 4.79 Å². The first-order valence-electron chi connectivity index (χ1n) is 7.25. The zero-order valence-electron chi connectivity index (χ0n) is 11.6. The van der Waals surface area contributed by atoms with Crippen LogP contribution in [0.5, 0.6) is 0 Å². The first kappa shape index (κ1) is 12.5. The summed E-state index contributed by atoms with van der Waals surface area (Å²) in [6.45, 7) is 3.72. The number of anilines is 1. The lowest BCUT2D eigenvalue weighted by molar-refractivity contribution is -0.142. The van der Waals surface area contributed by atoms with Crippen molar-refractivity contribution in [3.63, 3.8) is 0 Å². The van der Waals surface area contributed by atoms with Gasteiger partial charge in [-0.2, -0.15) is 0 Å². The van der Waals surface area contributed by atoms with Crippen LogP contribution in [0.3, 0.4) is 0 Å². The Morgan fingerprint density at radius 3 is 2.74 bits per heavy atom. The highest BCUT2D eigenvalue weighted by molar-refractivity contribution is 5.83. The number of hydrogen-bond donors (Lipinski definition) is 1. The number of carbonyl (C=O) groups is 1. The largest absolute Gasteiger partial charge is 0.399 e.